The van der Waals surface area contributed by atoms with Crippen LogP contribution in [0.2, 0.25) is 0 Å². The van der Waals surface area contributed by atoms with Gasteiger partial charge >= 0.3 is 0 Å². The first-order valence-electron chi connectivity index (χ1n) is 8.09. The summed E-state index contributed by atoms with van der Waals surface area (Å²) < 4.78 is 32.7. The van der Waals surface area contributed by atoms with E-state index in [1.807, 2.05) is 30.3 Å². The lowest BCUT2D eigenvalue weighted by atomic mass is 10.1. The molecule has 3 nitrogen and oxygen atoms in total. The summed E-state index contributed by atoms with van der Waals surface area (Å²) in [5.74, 6) is -2.88. The fourth-order valence-corrected chi connectivity index (χ4v) is 2.78. The Morgan fingerprint density at radius 2 is 2.00 bits per heavy atom. The van der Waals surface area contributed by atoms with Crippen molar-refractivity contribution >= 4 is 12.0 Å². The number of carbonyl (C=O) groups is 1. The monoisotopic (exact) mass is 343 g/mol. The van der Waals surface area contributed by atoms with Gasteiger partial charge in [0.05, 0.1) is 12.1 Å². The maximum absolute atomic E-state index is 13.4. The summed E-state index contributed by atoms with van der Waals surface area (Å²) in [5, 5.41) is 0. The molecule has 0 aromatic heterocycles. The van der Waals surface area contributed by atoms with Gasteiger partial charge in [-0.25, -0.2) is 8.78 Å². The smallest absolute Gasteiger partial charge is 0.267 e. The first kappa shape index (κ1) is 17.1. The molecule has 0 atom stereocenters. The Balaban J connectivity index is 1.83. The quantitative estimate of drug-likeness (QED) is 0.806. The fourth-order valence-electron chi connectivity index (χ4n) is 2.78. The SMILES string of the molecule is C=Cc1ccc(C(=O)N2CCC(F)(F)C2)c(OCc2ccccc2)c1. The van der Waals surface area contributed by atoms with Crippen molar-refractivity contribution in [3.05, 3.63) is 71.8 Å². The molecular formula is C20H19F2NO2. The van der Waals surface area contributed by atoms with Crippen LogP contribution in [-0.2, 0) is 6.61 Å². The Bertz CT molecular complexity index is 775. The molecule has 0 spiro atoms. The van der Waals surface area contributed by atoms with Crippen molar-refractivity contribution in [2.45, 2.75) is 19.0 Å². The highest BCUT2D eigenvalue weighted by atomic mass is 19.3. The van der Waals surface area contributed by atoms with E-state index in [9.17, 15) is 13.6 Å². The van der Waals surface area contributed by atoms with Gasteiger partial charge in [0.2, 0.25) is 0 Å². The third-order valence-corrected chi connectivity index (χ3v) is 4.17. The number of rotatable bonds is 5. The molecule has 2 aromatic carbocycles. The number of ether oxygens (including phenoxy) is 1. The molecule has 5 heteroatoms. The van der Waals surface area contributed by atoms with Gasteiger partial charge < -0.3 is 9.64 Å². The third-order valence-electron chi connectivity index (χ3n) is 4.17. The molecule has 130 valence electrons. The van der Waals surface area contributed by atoms with E-state index in [0.29, 0.717) is 11.3 Å². The first-order valence-corrected chi connectivity index (χ1v) is 8.09. The van der Waals surface area contributed by atoms with Crippen molar-refractivity contribution in [3.63, 3.8) is 0 Å². The third kappa shape index (κ3) is 4.05. The van der Waals surface area contributed by atoms with Crippen LogP contribution >= 0.6 is 0 Å². The molecule has 2 aromatic rings. The van der Waals surface area contributed by atoms with E-state index in [1.165, 1.54) is 4.90 Å². The zero-order valence-corrected chi connectivity index (χ0v) is 13.8. The highest BCUT2D eigenvalue weighted by Crippen LogP contribution is 2.30. The second kappa shape index (κ2) is 7.05. The molecule has 0 saturated carbocycles. The zero-order valence-electron chi connectivity index (χ0n) is 13.8. The zero-order chi connectivity index (χ0) is 17.9. The molecular weight excluding hydrogens is 324 g/mol. The van der Waals surface area contributed by atoms with Crippen LogP contribution in [-0.4, -0.2) is 29.8 Å². The molecule has 0 radical (unpaired) electrons. The molecule has 1 heterocycles. The lowest BCUT2D eigenvalue weighted by Gasteiger charge is -2.19. The topological polar surface area (TPSA) is 29.5 Å². The van der Waals surface area contributed by atoms with Gasteiger partial charge in [0.25, 0.3) is 11.8 Å². The normalized spacial score (nSPS) is 15.8. The van der Waals surface area contributed by atoms with E-state index in [2.05, 4.69) is 6.58 Å². The number of benzene rings is 2. The molecule has 0 bridgehead atoms. The Morgan fingerprint density at radius 1 is 1.24 bits per heavy atom. The number of hydrogen-bond donors (Lipinski definition) is 0. The average Bonchev–Trinajstić information content (AvgIpc) is 3.00. The van der Waals surface area contributed by atoms with Crippen molar-refractivity contribution in [1.82, 2.24) is 4.90 Å². The molecule has 3 rings (SSSR count). The minimum absolute atomic E-state index is 0.0488. The molecule has 25 heavy (non-hydrogen) atoms. The van der Waals surface area contributed by atoms with Crippen molar-refractivity contribution in [1.29, 1.82) is 0 Å². The number of hydrogen-bond acceptors (Lipinski definition) is 2. The molecule has 0 N–H and O–H groups in total. The van der Waals surface area contributed by atoms with E-state index < -0.39 is 18.4 Å². The highest BCUT2D eigenvalue weighted by Gasteiger charge is 2.40. The lowest BCUT2D eigenvalue weighted by Crippen LogP contribution is -2.31. The van der Waals surface area contributed by atoms with Gasteiger partial charge in [0, 0.05) is 13.0 Å². The van der Waals surface area contributed by atoms with Crippen molar-refractivity contribution in [2.24, 2.45) is 0 Å². The van der Waals surface area contributed by atoms with Crippen LogP contribution < -0.4 is 4.74 Å². The Kier molecular flexibility index (Phi) is 4.83. The minimum Gasteiger partial charge on any atom is -0.488 e. The highest BCUT2D eigenvalue weighted by molar-refractivity contribution is 5.97. The summed E-state index contributed by atoms with van der Waals surface area (Å²) in [6.45, 7) is 3.50. The van der Waals surface area contributed by atoms with Crippen LogP contribution in [0.25, 0.3) is 6.08 Å². The molecule has 1 fully saturated rings. The second-order valence-corrected chi connectivity index (χ2v) is 6.07. The van der Waals surface area contributed by atoms with Crippen LogP contribution in [0.4, 0.5) is 8.78 Å². The summed E-state index contributed by atoms with van der Waals surface area (Å²) in [4.78, 5) is 13.8. The largest absolute Gasteiger partial charge is 0.488 e. The summed E-state index contributed by atoms with van der Waals surface area (Å²) in [7, 11) is 0. The number of nitrogens with zero attached hydrogens (tertiary/aromatic N) is 1. The van der Waals surface area contributed by atoms with Gasteiger partial charge in [-0.2, -0.15) is 0 Å². The molecule has 1 saturated heterocycles. The van der Waals surface area contributed by atoms with Crippen molar-refractivity contribution in [2.75, 3.05) is 13.1 Å². The molecule has 0 unspecified atom stereocenters. The van der Waals surface area contributed by atoms with Gasteiger partial charge in [0.1, 0.15) is 12.4 Å². The number of alkyl halides is 2. The molecule has 0 aliphatic carbocycles. The number of carbonyl (C=O) groups excluding carboxylic acids is 1. The fraction of sp³-hybridized carbons (Fsp3) is 0.250. The van der Waals surface area contributed by atoms with Crippen LogP contribution in [0.15, 0.2) is 55.1 Å². The molecule has 1 aliphatic heterocycles. The van der Waals surface area contributed by atoms with Crippen molar-refractivity contribution in [3.8, 4) is 5.75 Å². The summed E-state index contributed by atoms with van der Waals surface area (Å²) in [6.07, 6.45) is 1.34. The van der Waals surface area contributed by atoms with E-state index in [-0.39, 0.29) is 19.6 Å². The van der Waals surface area contributed by atoms with Crippen LogP contribution in [0, 0.1) is 0 Å². The average molecular weight is 343 g/mol. The maximum Gasteiger partial charge on any atom is 0.267 e. The standard InChI is InChI=1S/C20H19F2NO2/c1-2-15-8-9-17(19(24)23-11-10-20(21,22)14-23)18(12-15)25-13-16-6-4-3-5-7-16/h2-9,12H,1,10-11,13-14H2. The van der Waals surface area contributed by atoms with Gasteiger partial charge in [-0.1, -0.05) is 49.1 Å². The Hall–Kier alpha value is -2.69. The summed E-state index contributed by atoms with van der Waals surface area (Å²) in [5.41, 5.74) is 2.04. The van der Waals surface area contributed by atoms with E-state index in [1.54, 1.807) is 24.3 Å². The predicted octanol–water partition coefficient (Wildman–Crippen LogP) is 4.39. The predicted molar refractivity (Wildman–Crippen MR) is 92.8 cm³/mol. The number of likely N-dealkylation sites (tertiary alicyclic amines) is 1. The number of amides is 1. The van der Waals surface area contributed by atoms with Gasteiger partial charge in [-0.3, -0.25) is 4.79 Å². The van der Waals surface area contributed by atoms with Crippen LogP contribution in [0.3, 0.4) is 0 Å². The van der Waals surface area contributed by atoms with Gasteiger partial charge in [-0.05, 0) is 23.3 Å². The van der Waals surface area contributed by atoms with E-state index in [0.717, 1.165) is 11.1 Å². The summed E-state index contributed by atoms with van der Waals surface area (Å²) in [6, 6.07) is 14.6. The molecule has 1 aliphatic rings. The maximum atomic E-state index is 13.4. The Labute approximate surface area is 145 Å². The second-order valence-electron chi connectivity index (χ2n) is 6.07. The van der Waals surface area contributed by atoms with Gasteiger partial charge in [0.15, 0.2) is 0 Å². The molecule has 1 amide bonds. The lowest BCUT2D eigenvalue weighted by molar-refractivity contribution is 0.0119. The first-order chi connectivity index (χ1) is 12.0. The van der Waals surface area contributed by atoms with Crippen molar-refractivity contribution < 1.29 is 18.3 Å². The Morgan fingerprint density at radius 3 is 2.64 bits per heavy atom. The van der Waals surface area contributed by atoms with E-state index in [4.69, 9.17) is 4.74 Å². The number of halogens is 2. The summed E-state index contributed by atoms with van der Waals surface area (Å²) >= 11 is 0. The van der Waals surface area contributed by atoms with Gasteiger partial charge in [-0.15, -0.1) is 0 Å². The van der Waals surface area contributed by atoms with Crippen LogP contribution in [0.1, 0.15) is 27.9 Å². The minimum atomic E-state index is -2.82. The van der Waals surface area contributed by atoms with Crippen LogP contribution in [0.5, 0.6) is 5.75 Å². The van der Waals surface area contributed by atoms with E-state index >= 15 is 0 Å².